The molecular formula is C17H24N4. The number of para-hydroxylation sites is 1. The topological polar surface area (TPSA) is 49.8 Å². The van der Waals surface area contributed by atoms with E-state index in [4.69, 9.17) is 0 Å². The van der Waals surface area contributed by atoms with Crippen molar-refractivity contribution in [3.63, 3.8) is 0 Å². The van der Waals surface area contributed by atoms with E-state index in [1.54, 1.807) is 0 Å². The highest BCUT2D eigenvalue weighted by Crippen LogP contribution is 2.25. The Morgan fingerprint density at radius 3 is 2.38 bits per heavy atom. The zero-order valence-electron chi connectivity index (χ0n) is 13.3. The summed E-state index contributed by atoms with van der Waals surface area (Å²) in [6, 6.07) is 8.24. The fourth-order valence-corrected chi connectivity index (χ4v) is 2.10. The van der Waals surface area contributed by atoms with Gasteiger partial charge in [-0.2, -0.15) is 0 Å². The Balaban J connectivity index is 2.35. The molecule has 4 heteroatoms. The summed E-state index contributed by atoms with van der Waals surface area (Å²) < 4.78 is 0. The highest BCUT2D eigenvalue weighted by Gasteiger charge is 2.10. The predicted molar refractivity (Wildman–Crippen MR) is 89.4 cm³/mol. The van der Waals surface area contributed by atoms with E-state index in [9.17, 15) is 0 Å². The minimum absolute atomic E-state index is 0.823. The number of benzene rings is 1. The standard InChI is InChI=1S/C17H24N4/c1-5-11-18-16-13(4)17(21-15(6-2)20-16)19-14-10-8-7-9-12(14)3/h7-10H,5-6,11H2,1-4H3,(H2,18,19,20,21). The Morgan fingerprint density at radius 2 is 1.71 bits per heavy atom. The Bertz CT molecular complexity index is 608. The Morgan fingerprint density at radius 1 is 1.00 bits per heavy atom. The first kappa shape index (κ1) is 15.3. The third-order valence-electron chi connectivity index (χ3n) is 3.45. The van der Waals surface area contributed by atoms with Gasteiger partial charge >= 0.3 is 0 Å². The van der Waals surface area contributed by atoms with Crippen molar-refractivity contribution in [2.75, 3.05) is 17.2 Å². The predicted octanol–water partition coefficient (Wildman–Crippen LogP) is 4.22. The van der Waals surface area contributed by atoms with Gasteiger partial charge in [0, 0.05) is 24.2 Å². The number of rotatable bonds is 6. The number of anilines is 3. The van der Waals surface area contributed by atoms with Crippen LogP contribution >= 0.6 is 0 Å². The molecule has 0 radical (unpaired) electrons. The molecule has 112 valence electrons. The fourth-order valence-electron chi connectivity index (χ4n) is 2.10. The second-order valence-electron chi connectivity index (χ2n) is 5.18. The lowest BCUT2D eigenvalue weighted by Crippen LogP contribution is -2.10. The molecule has 0 aliphatic rings. The van der Waals surface area contributed by atoms with Crippen LogP contribution in [0.15, 0.2) is 24.3 Å². The first-order chi connectivity index (χ1) is 10.2. The molecule has 1 heterocycles. The molecule has 0 saturated heterocycles. The molecular weight excluding hydrogens is 260 g/mol. The van der Waals surface area contributed by atoms with Crippen molar-refractivity contribution >= 4 is 17.3 Å². The summed E-state index contributed by atoms with van der Waals surface area (Å²) >= 11 is 0. The van der Waals surface area contributed by atoms with Crippen molar-refractivity contribution in [3.8, 4) is 0 Å². The van der Waals surface area contributed by atoms with Crippen LogP contribution in [0.2, 0.25) is 0 Å². The van der Waals surface area contributed by atoms with E-state index in [2.05, 4.69) is 60.4 Å². The maximum atomic E-state index is 4.63. The summed E-state index contributed by atoms with van der Waals surface area (Å²) in [5, 5.41) is 6.83. The lowest BCUT2D eigenvalue weighted by molar-refractivity contribution is 0.910. The molecule has 0 aliphatic carbocycles. The quantitative estimate of drug-likeness (QED) is 0.833. The second-order valence-corrected chi connectivity index (χ2v) is 5.18. The van der Waals surface area contributed by atoms with Gasteiger partial charge in [-0.3, -0.25) is 0 Å². The maximum Gasteiger partial charge on any atom is 0.139 e. The van der Waals surface area contributed by atoms with E-state index in [1.807, 2.05) is 12.1 Å². The lowest BCUT2D eigenvalue weighted by atomic mass is 10.2. The average Bonchev–Trinajstić information content (AvgIpc) is 2.50. The summed E-state index contributed by atoms with van der Waals surface area (Å²) in [5.74, 6) is 2.67. The van der Waals surface area contributed by atoms with Crippen molar-refractivity contribution in [2.24, 2.45) is 0 Å². The molecule has 0 amide bonds. The van der Waals surface area contributed by atoms with Crippen LogP contribution in [-0.4, -0.2) is 16.5 Å². The number of nitrogens with zero attached hydrogens (tertiary/aromatic N) is 2. The monoisotopic (exact) mass is 284 g/mol. The average molecular weight is 284 g/mol. The van der Waals surface area contributed by atoms with Gasteiger partial charge in [0.2, 0.25) is 0 Å². The SMILES string of the molecule is CCCNc1nc(CC)nc(Nc2ccccc2C)c1C. The van der Waals surface area contributed by atoms with E-state index >= 15 is 0 Å². The van der Waals surface area contributed by atoms with Crippen LogP contribution in [0.5, 0.6) is 0 Å². The molecule has 0 atom stereocenters. The maximum absolute atomic E-state index is 4.63. The van der Waals surface area contributed by atoms with Crippen molar-refractivity contribution < 1.29 is 0 Å². The van der Waals surface area contributed by atoms with E-state index in [0.717, 1.165) is 48.1 Å². The van der Waals surface area contributed by atoms with Crippen LogP contribution in [0.4, 0.5) is 17.3 Å². The Hall–Kier alpha value is -2.10. The fraction of sp³-hybridized carbons (Fsp3) is 0.412. The van der Waals surface area contributed by atoms with Crippen molar-refractivity contribution in [3.05, 3.63) is 41.2 Å². The molecule has 4 nitrogen and oxygen atoms in total. The van der Waals surface area contributed by atoms with Gasteiger partial charge in [-0.1, -0.05) is 32.0 Å². The van der Waals surface area contributed by atoms with Gasteiger partial charge in [-0.05, 0) is 31.9 Å². The Kier molecular flexibility index (Phi) is 5.14. The number of nitrogens with one attached hydrogen (secondary N) is 2. The van der Waals surface area contributed by atoms with Gasteiger partial charge in [-0.25, -0.2) is 9.97 Å². The van der Waals surface area contributed by atoms with E-state index in [1.165, 1.54) is 5.56 Å². The molecule has 2 aromatic rings. The van der Waals surface area contributed by atoms with Gasteiger partial charge in [0.15, 0.2) is 0 Å². The number of hydrogen-bond acceptors (Lipinski definition) is 4. The zero-order chi connectivity index (χ0) is 15.2. The molecule has 1 aromatic heterocycles. The van der Waals surface area contributed by atoms with Gasteiger partial charge in [-0.15, -0.1) is 0 Å². The highest BCUT2D eigenvalue weighted by atomic mass is 15.1. The minimum Gasteiger partial charge on any atom is -0.370 e. The van der Waals surface area contributed by atoms with Gasteiger partial charge in [0.25, 0.3) is 0 Å². The normalized spacial score (nSPS) is 10.5. The number of hydrogen-bond donors (Lipinski definition) is 2. The van der Waals surface area contributed by atoms with Gasteiger partial charge in [0.1, 0.15) is 17.5 Å². The minimum atomic E-state index is 0.823. The smallest absolute Gasteiger partial charge is 0.139 e. The molecule has 2 rings (SSSR count). The summed E-state index contributed by atoms with van der Waals surface area (Å²) in [4.78, 5) is 9.22. The first-order valence-electron chi connectivity index (χ1n) is 7.59. The zero-order valence-corrected chi connectivity index (χ0v) is 13.3. The van der Waals surface area contributed by atoms with Crippen LogP contribution in [0, 0.1) is 13.8 Å². The number of aryl methyl sites for hydroxylation is 2. The summed E-state index contributed by atoms with van der Waals surface area (Å²) in [6.07, 6.45) is 1.90. The van der Waals surface area contributed by atoms with Crippen LogP contribution in [0.1, 0.15) is 37.2 Å². The highest BCUT2D eigenvalue weighted by molar-refractivity contribution is 5.66. The molecule has 0 aliphatic heterocycles. The van der Waals surface area contributed by atoms with Crippen molar-refractivity contribution in [1.29, 1.82) is 0 Å². The molecule has 2 N–H and O–H groups in total. The molecule has 0 spiro atoms. The molecule has 0 saturated carbocycles. The van der Waals surface area contributed by atoms with Gasteiger partial charge in [0.05, 0.1) is 0 Å². The number of aromatic nitrogens is 2. The summed E-state index contributed by atoms with van der Waals surface area (Å²) in [5.41, 5.74) is 3.35. The molecule has 1 aromatic carbocycles. The lowest BCUT2D eigenvalue weighted by Gasteiger charge is -2.15. The van der Waals surface area contributed by atoms with Crippen molar-refractivity contribution in [1.82, 2.24) is 9.97 Å². The third kappa shape index (κ3) is 3.72. The molecule has 21 heavy (non-hydrogen) atoms. The van der Waals surface area contributed by atoms with Crippen LogP contribution in [0.25, 0.3) is 0 Å². The third-order valence-corrected chi connectivity index (χ3v) is 3.45. The largest absolute Gasteiger partial charge is 0.370 e. The first-order valence-corrected chi connectivity index (χ1v) is 7.59. The second kappa shape index (κ2) is 7.07. The van der Waals surface area contributed by atoms with Crippen LogP contribution in [0.3, 0.4) is 0 Å². The summed E-state index contributed by atoms with van der Waals surface area (Å²) in [6.45, 7) is 9.29. The van der Waals surface area contributed by atoms with E-state index in [0.29, 0.717) is 0 Å². The van der Waals surface area contributed by atoms with Crippen LogP contribution < -0.4 is 10.6 Å². The summed E-state index contributed by atoms with van der Waals surface area (Å²) in [7, 11) is 0. The molecule has 0 fully saturated rings. The van der Waals surface area contributed by atoms with Crippen molar-refractivity contribution in [2.45, 2.75) is 40.5 Å². The van der Waals surface area contributed by atoms with Crippen LogP contribution in [-0.2, 0) is 6.42 Å². The van der Waals surface area contributed by atoms with E-state index in [-0.39, 0.29) is 0 Å². The van der Waals surface area contributed by atoms with Gasteiger partial charge < -0.3 is 10.6 Å². The Labute approximate surface area is 127 Å². The molecule has 0 unspecified atom stereocenters. The molecule has 0 bridgehead atoms. The van der Waals surface area contributed by atoms with E-state index < -0.39 is 0 Å².